The first-order chi connectivity index (χ1) is 17.6. The zero-order valence-corrected chi connectivity index (χ0v) is 23.4. The van der Waals surface area contributed by atoms with Crippen molar-refractivity contribution in [2.24, 2.45) is 0 Å². The molecule has 37 heavy (non-hydrogen) atoms. The number of nitrogens with zero attached hydrogens (tertiary/aromatic N) is 4. The van der Waals surface area contributed by atoms with E-state index in [-0.39, 0.29) is 27.9 Å². The number of anilines is 1. The minimum absolute atomic E-state index is 0.0705. The van der Waals surface area contributed by atoms with Gasteiger partial charge in [0.25, 0.3) is 15.9 Å². The summed E-state index contributed by atoms with van der Waals surface area (Å²) < 4.78 is 31.4. The molecule has 8 nitrogen and oxygen atoms in total. The number of halogens is 3. The van der Waals surface area contributed by atoms with E-state index in [0.717, 1.165) is 11.1 Å². The number of aryl methyl sites for hydroxylation is 1. The standard InChI is InChI=1S/C25H20BrCl2N5O3S/c1-15-2-8-20(26)22(12-15)31-37(35,36)18-7-9-21(28)19(13-18)25(34)32-10-11-33-23(14-32)29-30-24(33)16-3-5-17(27)6-4-16/h2-9,12-13,31H,10-11,14H2,1H3. The fourth-order valence-electron chi connectivity index (χ4n) is 4.07. The van der Waals surface area contributed by atoms with Crippen molar-refractivity contribution in [1.29, 1.82) is 0 Å². The molecule has 3 aromatic carbocycles. The summed E-state index contributed by atoms with van der Waals surface area (Å²) in [5.74, 6) is 0.926. The van der Waals surface area contributed by atoms with Crippen LogP contribution in [0.25, 0.3) is 11.4 Å². The Hall–Kier alpha value is -2.92. The van der Waals surface area contributed by atoms with Crippen LogP contribution in [0.3, 0.4) is 0 Å². The van der Waals surface area contributed by atoms with Gasteiger partial charge in [-0.15, -0.1) is 10.2 Å². The lowest BCUT2D eigenvalue weighted by Gasteiger charge is -2.28. The molecule has 1 aliphatic rings. The highest BCUT2D eigenvalue weighted by molar-refractivity contribution is 9.10. The van der Waals surface area contributed by atoms with Gasteiger partial charge in [0, 0.05) is 28.1 Å². The molecule has 4 aromatic rings. The predicted octanol–water partition coefficient (Wildman–Crippen LogP) is 5.78. The summed E-state index contributed by atoms with van der Waals surface area (Å²) in [4.78, 5) is 14.9. The summed E-state index contributed by atoms with van der Waals surface area (Å²) in [6.07, 6.45) is 0. The fourth-order valence-corrected chi connectivity index (χ4v) is 5.97. The average Bonchev–Trinajstić information content (AvgIpc) is 3.29. The van der Waals surface area contributed by atoms with Crippen LogP contribution in [0.1, 0.15) is 21.7 Å². The smallest absolute Gasteiger partial charge is 0.261 e. The van der Waals surface area contributed by atoms with Gasteiger partial charge in [0.15, 0.2) is 11.6 Å². The maximum absolute atomic E-state index is 13.4. The maximum atomic E-state index is 13.4. The number of carbonyl (C=O) groups excluding carboxylic acids is 1. The van der Waals surface area contributed by atoms with Crippen molar-refractivity contribution in [3.05, 3.63) is 92.1 Å². The monoisotopic (exact) mass is 619 g/mol. The number of hydrogen-bond donors (Lipinski definition) is 1. The van der Waals surface area contributed by atoms with Gasteiger partial charge in [-0.05, 0) is 83.0 Å². The molecule has 0 aliphatic carbocycles. The normalized spacial score (nSPS) is 13.4. The summed E-state index contributed by atoms with van der Waals surface area (Å²) >= 11 is 15.7. The molecule has 2 heterocycles. The minimum atomic E-state index is -3.98. The van der Waals surface area contributed by atoms with Crippen LogP contribution in [0.4, 0.5) is 5.69 Å². The number of sulfonamides is 1. The third-order valence-electron chi connectivity index (χ3n) is 5.99. The van der Waals surface area contributed by atoms with Crippen molar-refractivity contribution >= 4 is 60.7 Å². The van der Waals surface area contributed by atoms with Crippen molar-refractivity contribution in [3.63, 3.8) is 0 Å². The second-order valence-electron chi connectivity index (χ2n) is 8.56. The van der Waals surface area contributed by atoms with Crippen molar-refractivity contribution in [2.45, 2.75) is 24.9 Å². The molecule has 190 valence electrons. The van der Waals surface area contributed by atoms with Crippen molar-refractivity contribution in [1.82, 2.24) is 19.7 Å². The Morgan fingerprint density at radius 3 is 2.51 bits per heavy atom. The maximum Gasteiger partial charge on any atom is 0.261 e. The summed E-state index contributed by atoms with van der Waals surface area (Å²) in [5, 5.41) is 9.35. The Morgan fingerprint density at radius 2 is 1.76 bits per heavy atom. The molecule has 12 heteroatoms. The van der Waals surface area contributed by atoms with Gasteiger partial charge in [0.2, 0.25) is 0 Å². The number of carbonyl (C=O) groups is 1. The van der Waals surface area contributed by atoms with E-state index in [4.69, 9.17) is 23.2 Å². The molecular formula is C25H20BrCl2N5O3S. The van der Waals surface area contributed by atoms with E-state index in [1.807, 2.05) is 29.7 Å². The van der Waals surface area contributed by atoms with E-state index in [1.165, 1.54) is 18.2 Å². The van der Waals surface area contributed by atoms with Crippen LogP contribution in [-0.4, -0.2) is 40.5 Å². The van der Waals surface area contributed by atoms with Crippen molar-refractivity contribution in [2.75, 3.05) is 11.3 Å². The first kappa shape index (κ1) is 25.7. The Bertz CT molecular complexity index is 1620. The second-order valence-corrected chi connectivity index (χ2v) is 11.9. The van der Waals surface area contributed by atoms with Crippen LogP contribution in [0, 0.1) is 6.92 Å². The number of rotatable bonds is 5. The number of amides is 1. The van der Waals surface area contributed by atoms with E-state index in [2.05, 4.69) is 30.8 Å². The number of hydrogen-bond acceptors (Lipinski definition) is 5. The van der Waals surface area contributed by atoms with E-state index in [0.29, 0.717) is 39.9 Å². The number of aromatic nitrogens is 3. The lowest BCUT2D eigenvalue weighted by molar-refractivity contribution is 0.0708. The minimum Gasteiger partial charge on any atom is -0.329 e. The molecule has 1 aliphatic heterocycles. The summed E-state index contributed by atoms with van der Waals surface area (Å²) in [6.45, 7) is 2.93. The van der Waals surface area contributed by atoms with E-state index in [1.54, 1.807) is 29.2 Å². The Morgan fingerprint density at radius 1 is 1.00 bits per heavy atom. The Balaban J connectivity index is 1.39. The molecule has 1 N–H and O–H groups in total. The van der Waals surface area contributed by atoms with Crippen LogP contribution in [0.15, 0.2) is 70.0 Å². The molecule has 0 saturated carbocycles. The SMILES string of the molecule is Cc1ccc(Br)c(NS(=O)(=O)c2ccc(Cl)c(C(=O)N3CCn4c(nnc4-c4ccc(Cl)cc4)C3)c2)c1. The van der Waals surface area contributed by atoms with Gasteiger partial charge in [-0.1, -0.05) is 29.3 Å². The van der Waals surface area contributed by atoms with Crippen molar-refractivity contribution < 1.29 is 13.2 Å². The fraction of sp³-hybridized carbons (Fsp3) is 0.160. The highest BCUT2D eigenvalue weighted by atomic mass is 79.9. The first-order valence-corrected chi connectivity index (χ1v) is 14.2. The Labute approximate surface area is 232 Å². The van der Waals surface area contributed by atoms with Gasteiger partial charge in [0.1, 0.15) is 0 Å². The second kappa shape index (κ2) is 10.1. The van der Waals surface area contributed by atoms with Crippen LogP contribution in [0.2, 0.25) is 10.0 Å². The quantitative estimate of drug-likeness (QED) is 0.305. The lowest BCUT2D eigenvalue weighted by Crippen LogP contribution is -2.38. The predicted molar refractivity (Wildman–Crippen MR) is 146 cm³/mol. The van der Waals surface area contributed by atoms with Crippen LogP contribution in [0.5, 0.6) is 0 Å². The van der Waals surface area contributed by atoms with Gasteiger partial charge >= 0.3 is 0 Å². The summed E-state index contributed by atoms with van der Waals surface area (Å²) in [6, 6.07) is 16.7. The molecule has 1 aromatic heterocycles. The average molecular weight is 621 g/mol. The van der Waals surface area contributed by atoms with Crippen LogP contribution in [-0.2, 0) is 23.1 Å². The van der Waals surface area contributed by atoms with E-state index < -0.39 is 10.0 Å². The molecular weight excluding hydrogens is 601 g/mol. The number of nitrogens with one attached hydrogen (secondary N) is 1. The molecule has 1 amide bonds. The molecule has 0 spiro atoms. The highest BCUT2D eigenvalue weighted by Gasteiger charge is 2.28. The van der Waals surface area contributed by atoms with E-state index in [9.17, 15) is 13.2 Å². The Kier molecular flexibility index (Phi) is 7.01. The van der Waals surface area contributed by atoms with Gasteiger partial charge in [-0.3, -0.25) is 9.52 Å². The molecule has 0 fully saturated rings. The molecule has 0 unspecified atom stereocenters. The van der Waals surface area contributed by atoms with Gasteiger partial charge in [0.05, 0.1) is 27.7 Å². The summed E-state index contributed by atoms with van der Waals surface area (Å²) in [7, 11) is -3.98. The summed E-state index contributed by atoms with van der Waals surface area (Å²) in [5.41, 5.74) is 2.26. The molecule has 0 radical (unpaired) electrons. The zero-order chi connectivity index (χ0) is 26.3. The molecule has 0 atom stereocenters. The zero-order valence-electron chi connectivity index (χ0n) is 19.5. The van der Waals surface area contributed by atoms with E-state index >= 15 is 0 Å². The molecule has 0 bridgehead atoms. The first-order valence-electron chi connectivity index (χ1n) is 11.2. The van der Waals surface area contributed by atoms with Crippen molar-refractivity contribution in [3.8, 4) is 11.4 Å². The lowest BCUT2D eigenvalue weighted by atomic mass is 10.1. The number of benzene rings is 3. The number of fused-ring (bicyclic) bond motifs is 1. The molecule has 0 saturated heterocycles. The topological polar surface area (TPSA) is 97.2 Å². The van der Waals surface area contributed by atoms with Crippen LogP contribution >= 0.6 is 39.1 Å². The highest BCUT2D eigenvalue weighted by Crippen LogP contribution is 2.29. The third kappa shape index (κ3) is 5.24. The largest absolute Gasteiger partial charge is 0.329 e. The third-order valence-corrected chi connectivity index (χ3v) is 8.62. The van der Waals surface area contributed by atoms with Gasteiger partial charge < -0.3 is 9.47 Å². The van der Waals surface area contributed by atoms with Crippen LogP contribution < -0.4 is 4.72 Å². The molecule has 5 rings (SSSR count). The van der Waals surface area contributed by atoms with Gasteiger partial charge in [-0.25, -0.2) is 8.42 Å². The van der Waals surface area contributed by atoms with Gasteiger partial charge in [-0.2, -0.15) is 0 Å².